The number of halogens is 1. The molecule has 0 unspecified atom stereocenters. The molecule has 1 N–H and O–H groups in total. The molecule has 0 aliphatic rings. The van der Waals surface area contributed by atoms with Gasteiger partial charge in [0.2, 0.25) is 0 Å². The molecule has 0 aliphatic carbocycles. The monoisotopic (exact) mass is 217 g/mol. The zero-order valence-electron chi connectivity index (χ0n) is 7.95. The van der Waals surface area contributed by atoms with Gasteiger partial charge in [-0.2, -0.15) is 10.7 Å². The van der Waals surface area contributed by atoms with Crippen LogP contribution in [0.4, 0.5) is 5.69 Å². The number of rotatable bonds is 2. The third-order valence-electron chi connectivity index (χ3n) is 1.42. The van der Waals surface area contributed by atoms with Crippen LogP contribution in [0.5, 0.6) is 0 Å². The normalized spacial score (nSPS) is 9.21. The average Bonchev–Trinajstić information content (AvgIpc) is 2.09. The van der Waals surface area contributed by atoms with E-state index in [1.807, 2.05) is 6.92 Å². The van der Waals surface area contributed by atoms with Crippen LogP contribution in [-0.4, -0.2) is 0 Å². The van der Waals surface area contributed by atoms with Crippen molar-refractivity contribution >= 4 is 17.3 Å². The molecule has 66 valence electrons. The van der Waals surface area contributed by atoms with Crippen LogP contribution in [0, 0.1) is 18.4 Å². The van der Waals surface area contributed by atoms with Gasteiger partial charge in [0.05, 0.1) is 5.69 Å². The van der Waals surface area contributed by atoms with E-state index in [1.165, 1.54) is 0 Å². The van der Waals surface area contributed by atoms with Crippen molar-refractivity contribution < 1.29 is 29.6 Å². The van der Waals surface area contributed by atoms with Crippen molar-refractivity contribution in [1.82, 2.24) is 5.43 Å². The van der Waals surface area contributed by atoms with E-state index in [-0.39, 0.29) is 29.6 Å². The van der Waals surface area contributed by atoms with Crippen molar-refractivity contribution in [3.8, 4) is 6.19 Å². The van der Waals surface area contributed by atoms with E-state index in [1.54, 1.807) is 24.4 Å². The van der Waals surface area contributed by atoms with Crippen LogP contribution in [0.15, 0.2) is 28.5 Å². The van der Waals surface area contributed by atoms with Gasteiger partial charge in [-0.1, -0.05) is 16.8 Å². The van der Waals surface area contributed by atoms with E-state index in [0.717, 1.165) is 5.56 Å². The van der Waals surface area contributed by atoms with Gasteiger partial charge in [-0.15, -0.1) is 5.11 Å². The maximum Gasteiger partial charge on any atom is 1.00 e. The average molecular weight is 218 g/mol. The first-order valence-electron chi connectivity index (χ1n) is 3.55. The van der Waals surface area contributed by atoms with E-state index in [0.29, 0.717) is 10.7 Å². The number of nitrogens with one attached hydrogen (secondary N) is 1. The van der Waals surface area contributed by atoms with Gasteiger partial charge >= 0.3 is 29.6 Å². The summed E-state index contributed by atoms with van der Waals surface area (Å²) in [6.07, 6.45) is 1.63. The molecule has 0 radical (unpaired) electrons. The van der Waals surface area contributed by atoms with Crippen LogP contribution in [0.1, 0.15) is 5.56 Å². The van der Waals surface area contributed by atoms with Crippen molar-refractivity contribution in [1.29, 1.82) is 5.26 Å². The molecule has 0 saturated carbocycles. The Balaban J connectivity index is 0.00000169. The second-order valence-corrected chi connectivity index (χ2v) is 2.79. The summed E-state index contributed by atoms with van der Waals surface area (Å²) in [5.74, 6) is 0. The number of nitriles is 1. The van der Waals surface area contributed by atoms with Crippen LogP contribution in [-0.2, 0) is 0 Å². The summed E-state index contributed by atoms with van der Waals surface area (Å²) >= 11 is 5.74. The fourth-order valence-electron chi connectivity index (χ4n) is 0.832. The molecule has 0 aliphatic heterocycles. The Bertz CT molecular complexity index is 372. The summed E-state index contributed by atoms with van der Waals surface area (Å²) in [6.45, 7) is 1.87. The molecule has 0 bridgehead atoms. The standard InChI is InChI=1S/C8H7ClN4.Na/c1-6-4-7(9)2-3-8(6)12-13-11-5-10;/h2-4H,1H3,(H,11,12);/q;+1. The maximum absolute atomic E-state index is 8.12. The maximum atomic E-state index is 8.12. The van der Waals surface area contributed by atoms with Crippen LogP contribution in [0.25, 0.3) is 0 Å². The van der Waals surface area contributed by atoms with Crippen molar-refractivity contribution in [3.05, 3.63) is 28.8 Å². The van der Waals surface area contributed by atoms with Crippen molar-refractivity contribution in [2.75, 3.05) is 0 Å². The van der Waals surface area contributed by atoms with Gasteiger partial charge in [-0.05, 0) is 30.7 Å². The smallest absolute Gasteiger partial charge is 0.194 e. The Labute approximate surface area is 109 Å². The third kappa shape index (κ3) is 4.07. The minimum Gasteiger partial charge on any atom is -0.194 e. The molecule has 0 heterocycles. The molecule has 4 nitrogen and oxygen atoms in total. The fraction of sp³-hybridized carbons (Fsp3) is 0.125. The molecule has 1 aromatic rings. The van der Waals surface area contributed by atoms with Crippen LogP contribution < -0.4 is 35.0 Å². The Morgan fingerprint density at radius 1 is 1.50 bits per heavy atom. The molecule has 1 aromatic carbocycles. The molecular formula is C8H7ClN4Na+. The topological polar surface area (TPSA) is 60.5 Å². The minimum absolute atomic E-state index is 0. The largest absolute Gasteiger partial charge is 1.00 e. The Kier molecular flexibility index (Phi) is 6.50. The molecule has 1 rings (SSSR count). The van der Waals surface area contributed by atoms with Gasteiger partial charge in [0, 0.05) is 5.02 Å². The second-order valence-electron chi connectivity index (χ2n) is 2.35. The fourth-order valence-corrected chi connectivity index (χ4v) is 1.06. The molecule has 0 saturated heterocycles. The quantitative estimate of drug-likeness (QED) is 0.244. The van der Waals surface area contributed by atoms with Gasteiger partial charge in [-0.3, -0.25) is 0 Å². The Hall–Kier alpha value is -0.600. The summed E-state index contributed by atoms with van der Waals surface area (Å²) in [6, 6.07) is 5.23. The molecule has 0 atom stereocenters. The predicted molar refractivity (Wildman–Crippen MR) is 49.5 cm³/mol. The summed E-state index contributed by atoms with van der Waals surface area (Å²) in [5.41, 5.74) is 3.67. The minimum atomic E-state index is 0. The molecular weight excluding hydrogens is 211 g/mol. The van der Waals surface area contributed by atoms with Crippen LogP contribution >= 0.6 is 11.6 Å². The first-order valence-corrected chi connectivity index (χ1v) is 3.93. The second kappa shape index (κ2) is 6.80. The van der Waals surface area contributed by atoms with Crippen molar-refractivity contribution in [3.63, 3.8) is 0 Å². The number of aryl methyl sites for hydroxylation is 1. The van der Waals surface area contributed by atoms with Crippen molar-refractivity contribution in [2.45, 2.75) is 6.92 Å². The van der Waals surface area contributed by atoms with Gasteiger partial charge < -0.3 is 0 Å². The Morgan fingerprint density at radius 3 is 2.79 bits per heavy atom. The zero-order chi connectivity index (χ0) is 9.68. The summed E-state index contributed by atoms with van der Waals surface area (Å²) in [7, 11) is 0. The molecule has 0 spiro atoms. The number of benzene rings is 1. The molecule has 0 fully saturated rings. The molecule has 14 heavy (non-hydrogen) atoms. The van der Waals surface area contributed by atoms with E-state index >= 15 is 0 Å². The van der Waals surface area contributed by atoms with Gasteiger partial charge in [0.1, 0.15) is 0 Å². The SMILES string of the molecule is Cc1cc(Cl)ccc1N=NNC#N.[Na+]. The summed E-state index contributed by atoms with van der Waals surface area (Å²) in [4.78, 5) is 0. The summed E-state index contributed by atoms with van der Waals surface area (Å²) in [5, 5.41) is 16.0. The van der Waals surface area contributed by atoms with E-state index < -0.39 is 0 Å². The van der Waals surface area contributed by atoms with Crippen LogP contribution in [0.3, 0.4) is 0 Å². The molecule has 0 aromatic heterocycles. The van der Waals surface area contributed by atoms with Gasteiger partial charge in [0.15, 0.2) is 6.19 Å². The molecule has 0 amide bonds. The van der Waals surface area contributed by atoms with E-state index in [9.17, 15) is 0 Å². The third-order valence-corrected chi connectivity index (χ3v) is 1.65. The number of hydrogen-bond acceptors (Lipinski definition) is 3. The van der Waals surface area contributed by atoms with Crippen molar-refractivity contribution in [2.24, 2.45) is 10.3 Å². The van der Waals surface area contributed by atoms with E-state index in [4.69, 9.17) is 16.9 Å². The summed E-state index contributed by atoms with van der Waals surface area (Å²) < 4.78 is 0. The van der Waals surface area contributed by atoms with E-state index in [2.05, 4.69) is 15.8 Å². The predicted octanol–water partition coefficient (Wildman–Crippen LogP) is -0.278. The van der Waals surface area contributed by atoms with Gasteiger partial charge in [-0.25, -0.2) is 0 Å². The van der Waals surface area contributed by atoms with Gasteiger partial charge in [0.25, 0.3) is 0 Å². The Morgan fingerprint density at radius 2 is 2.21 bits per heavy atom. The number of nitrogens with zero attached hydrogens (tertiary/aromatic N) is 3. The van der Waals surface area contributed by atoms with Crippen LogP contribution in [0.2, 0.25) is 5.02 Å². The molecule has 6 heteroatoms. The first kappa shape index (κ1) is 13.4. The zero-order valence-corrected chi connectivity index (χ0v) is 10.7. The number of hydrogen-bond donors (Lipinski definition) is 1. The first-order chi connectivity index (χ1) is 6.24.